The zero-order valence-corrected chi connectivity index (χ0v) is 14.4. The third kappa shape index (κ3) is 3.13. The number of oxime groups is 1. The Morgan fingerprint density at radius 2 is 2.28 bits per heavy atom. The van der Waals surface area contributed by atoms with Crippen LogP contribution in [0.2, 0.25) is 0 Å². The summed E-state index contributed by atoms with van der Waals surface area (Å²) in [6.45, 7) is 6.21. The van der Waals surface area contributed by atoms with Gasteiger partial charge in [-0.25, -0.2) is 9.78 Å². The number of carbonyl (C=O) groups excluding carboxylic acids is 1. The highest BCUT2D eigenvalue weighted by Gasteiger charge is 2.15. The number of carbonyl (C=O) groups is 1. The van der Waals surface area contributed by atoms with Gasteiger partial charge in [0.25, 0.3) is 0 Å². The van der Waals surface area contributed by atoms with Gasteiger partial charge in [-0.2, -0.15) is 0 Å². The number of benzene rings is 1. The maximum absolute atomic E-state index is 11.8. The minimum atomic E-state index is -0.445. The van der Waals surface area contributed by atoms with Gasteiger partial charge in [0.2, 0.25) is 0 Å². The first-order valence-electron chi connectivity index (χ1n) is 8.09. The van der Waals surface area contributed by atoms with Crippen LogP contribution in [0.4, 0.5) is 0 Å². The first-order chi connectivity index (χ1) is 12.0. The number of ether oxygens (including phenoxy) is 1. The molecule has 130 valence electrons. The maximum atomic E-state index is 11.8. The Morgan fingerprint density at radius 1 is 1.48 bits per heavy atom. The Hall–Kier alpha value is -3.09. The highest BCUT2D eigenvalue weighted by molar-refractivity contribution is 6.01. The lowest BCUT2D eigenvalue weighted by atomic mass is 10.0. The van der Waals surface area contributed by atoms with Crippen LogP contribution in [0.25, 0.3) is 16.6 Å². The number of imidazole rings is 1. The largest absolute Gasteiger partial charge is 0.461 e. The van der Waals surface area contributed by atoms with E-state index in [0.29, 0.717) is 6.61 Å². The van der Waals surface area contributed by atoms with Crippen LogP contribution in [0.3, 0.4) is 0 Å². The van der Waals surface area contributed by atoms with E-state index in [0.717, 1.165) is 27.8 Å². The number of hydrogen-bond donors (Lipinski definition) is 2. The number of aromatic amines is 1. The highest BCUT2D eigenvalue weighted by Crippen LogP contribution is 2.28. The van der Waals surface area contributed by atoms with Crippen LogP contribution in [0.15, 0.2) is 35.9 Å². The molecule has 0 atom stereocenters. The van der Waals surface area contributed by atoms with Gasteiger partial charge in [0, 0.05) is 34.0 Å². The molecule has 25 heavy (non-hydrogen) atoms. The Kier molecular flexibility index (Phi) is 4.56. The quantitative estimate of drug-likeness (QED) is 0.322. The van der Waals surface area contributed by atoms with E-state index in [-0.39, 0.29) is 11.6 Å². The molecule has 7 heteroatoms. The molecule has 7 nitrogen and oxygen atoms in total. The molecule has 1 aromatic carbocycles. The van der Waals surface area contributed by atoms with Gasteiger partial charge in [0.1, 0.15) is 6.33 Å². The molecular weight excluding hydrogens is 320 g/mol. The van der Waals surface area contributed by atoms with Crippen molar-refractivity contribution in [2.75, 3.05) is 6.61 Å². The minimum Gasteiger partial charge on any atom is -0.461 e. The lowest BCUT2D eigenvalue weighted by Crippen LogP contribution is -2.04. The van der Waals surface area contributed by atoms with Crippen LogP contribution in [0.5, 0.6) is 0 Å². The van der Waals surface area contributed by atoms with E-state index < -0.39 is 5.97 Å². The topological polar surface area (TPSA) is 92.5 Å². The second-order valence-corrected chi connectivity index (χ2v) is 5.97. The summed E-state index contributed by atoms with van der Waals surface area (Å²) in [5, 5.41) is 13.1. The monoisotopic (exact) mass is 340 g/mol. The van der Waals surface area contributed by atoms with Crippen molar-refractivity contribution < 1.29 is 14.7 Å². The maximum Gasteiger partial charge on any atom is 0.358 e. The first kappa shape index (κ1) is 16.8. The molecule has 3 aromatic rings. The van der Waals surface area contributed by atoms with E-state index in [2.05, 4.69) is 29.0 Å². The van der Waals surface area contributed by atoms with Gasteiger partial charge in [0.15, 0.2) is 5.69 Å². The number of nitrogens with one attached hydrogen (secondary N) is 1. The molecule has 3 rings (SSSR count). The molecule has 0 amide bonds. The highest BCUT2D eigenvalue weighted by atomic mass is 16.5. The van der Waals surface area contributed by atoms with Crippen molar-refractivity contribution in [1.29, 1.82) is 0 Å². The van der Waals surface area contributed by atoms with Gasteiger partial charge < -0.3 is 19.5 Å². The van der Waals surface area contributed by atoms with Gasteiger partial charge in [-0.05, 0) is 31.0 Å². The minimum absolute atomic E-state index is 0.257. The molecule has 0 radical (unpaired) electrons. The fraction of sp³-hybridized carbons (Fsp3) is 0.278. The molecule has 2 aromatic heterocycles. The normalized spacial score (nSPS) is 11.7. The molecule has 2 N–H and O–H groups in total. The van der Waals surface area contributed by atoms with Crippen LogP contribution in [0.1, 0.15) is 48.4 Å². The number of aromatic nitrogens is 3. The van der Waals surface area contributed by atoms with E-state index in [9.17, 15) is 4.79 Å². The summed E-state index contributed by atoms with van der Waals surface area (Å²) in [6.07, 6.45) is 4.65. The Bertz CT molecular complexity index is 937. The fourth-order valence-corrected chi connectivity index (χ4v) is 2.81. The summed E-state index contributed by atoms with van der Waals surface area (Å²) in [5.41, 5.74) is 3.91. The fourth-order valence-electron chi connectivity index (χ4n) is 2.81. The Balaban J connectivity index is 2.06. The number of nitrogens with zero attached hydrogens (tertiary/aromatic N) is 3. The molecule has 0 saturated carbocycles. The van der Waals surface area contributed by atoms with E-state index in [1.54, 1.807) is 24.0 Å². The zero-order chi connectivity index (χ0) is 18.0. The van der Waals surface area contributed by atoms with Crippen molar-refractivity contribution in [3.05, 3.63) is 47.7 Å². The van der Waals surface area contributed by atoms with Gasteiger partial charge >= 0.3 is 5.97 Å². The number of esters is 1. The summed E-state index contributed by atoms with van der Waals surface area (Å²) in [7, 11) is 0. The molecule has 0 spiro atoms. The average Bonchev–Trinajstić information content (AvgIpc) is 3.20. The van der Waals surface area contributed by atoms with Gasteiger partial charge in [-0.15, -0.1) is 0 Å². The molecule has 2 heterocycles. The molecule has 0 fully saturated rings. The first-order valence-corrected chi connectivity index (χ1v) is 8.09. The summed E-state index contributed by atoms with van der Waals surface area (Å²) in [6, 6.07) is 5.85. The number of fused-ring (bicyclic) bond motifs is 1. The second-order valence-electron chi connectivity index (χ2n) is 5.97. The third-order valence-electron chi connectivity index (χ3n) is 3.98. The van der Waals surface area contributed by atoms with Crippen molar-refractivity contribution in [2.24, 2.45) is 5.16 Å². The lowest BCUT2D eigenvalue weighted by molar-refractivity contribution is 0.0520. The van der Waals surface area contributed by atoms with Gasteiger partial charge in [0.05, 0.1) is 12.8 Å². The smallest absolute Gasteiger partial charge is 0.358 e. The molecule has 0 aliphatic carbocycles. The van der Waals surface area contributed by atoms with Crippen molar-refractivity contribution in [2.45, 2.75) is 26.7 Å². The van der Waals surface area contributed by atoms with Crippen molar-refractivity contribution >= 4 is 23.1 Å². The third-order valence-corrected chi connectivity index (χ3v) is 3.98. The summed E-state index contributed by atoms with van der Waals surface area (Å²) in [4.78, 5) is 19.2. The van der Waals surface area contributed by atoms with E-state index >= 15 is 0 Å². The van der Waals surface area contributed by atoms with Crippen molar-refractivity contribution in [1.82, 2.24) is 14.5 Å². The standard InChI is InChI=1S/C18H20N4O3/c1-4-25-18(23)16-9-22(10-19-16)12-5-6-15-13(7-12)14(8-20-24)17(21-15)11(2)3/h5-11,21,24H,4H2,1-3H3/b20-8+. The molecule has 0 unspecified atom stereocenters. The van der Waals surface area contributed by atoms with Crippen LogP contribution in [0, 0.1) is 0 Å². The van der Waals surface area contributed by atoms with Crippen LogP contribution in [-0.4, -0.2) is 38.5 Å². The van der Waals surface area contributed by atoms with Gasteiger partial charge in [-0.1, -0.05) is 19.0 Å². The Labute approximate surface area is 144 Å². The average molecular weight is 340 g/mol. The predicted octanol–water partition coefficient (Wildman–Crippen LogP) is 3.46. The predicted molar refractivity (Wildman–Crippen MR) is 94.8 cm³/mol. The summed E-state index contributed by atoms with van der Waals surface area (Å²) >= 11 is 0. The van der Waals surface area contributed by atoms with E-state index in [1.807, 2.05) is 18.2 Å². The summed E-state index contributed by atoms with van der Waals surface area (Å²) < 4.78 is 6.72. The second kappa shape index (κ2) is 6.80. The SMILES string of the molecule is CCOC(=O)c1cn(-c2ccc3[nH]c(C(C)C)c(/C=N/O)c3c2)cn1. The van der Waals surface area contributed by atoms with Crippen molar-refractivity contribution in [3.63, 3.8) is 0 Å². The molecule has 0 bridgehead atoms. The van der Waals surface area contributed by atoms with Crippen LogP contribution >= 0.6 is 0 Å². The van der Waals surface area contributed by atoms with Crippen LogP contribution in [-0.2, 0) is 4.74 Å². The molecule has 0 aliphatic rings. The zero-order valence-electron chi connectivity index (χ0n) is 14.4. The number of H-pyrrole nitrogens is 1. The summed E-state index contributed by atoms with van der Waals surface area (Å²) in [5.74, 6) is -0.188. The number of rotatable bonds is 5. The van der Waals surface area contributed by atoms with Gasteiger partial charge in [-0.3, -0.25) is 0 Å². The number of hydrogen-bond acceptors (Lipinski definition) is 5. The van der Waals surface area contributed by atoms with E-state index in [1.165, 1.54) is 6.21 Å². The lowest BCUT2D eigenvalue weighted by Gasteiger charge is -2.04. The molecular formula is C18H20N4O3. The van der Waals surface area contributed by atoms with E-state index in [4.69, 9.17) is 9.94 Å². The van der Waals surface area contributed by atoms with Crippen molar-refractivity contribution in [3.8, 4) is 5.69 Å². The molecule has 0 saturated heterocycles. The molecule has 0 aliphatic heterocycles. The van der Waals surface area contributed by atoms with Crippen LogP contribution < -0.4 is 0 Å². The Morgan fingerprint density at radius 3 is 2.96 bits per heavy atom.